The molecule has 0 aliphatic heterocycles. The summed E-state index contributed by atoms with van der Waals surface area (Å²) in [5.74, 6) is 0. The van der Waals surface area contributed by atoms with Crippen LogP contribution in [0.1, 0.15) is 26.3 Å². The first-order chi connectivity index (χ1) is 42.3. The Balaban J connectivity index is 1.14. The summed E-state index contributed by atoms with van der Waals surface area (Å²) in [5.41, 5.74) is 23.6. The second kappa shape index (κ2) is 23.1. The molecule has 0 aromatic heterocycles. The predicted molar refractivity (Wildman–Crippen MR) is 368 cm³/mol. The minimum absolute atomic E-state index is 0.185. The molecule has 0 radical (unpaired) electrons. The first-order valence-electron chi connectivity index (χ1n) is 29.8. The number of benzene rings is 14. The normalized spacial score (nSPS) is 11.4. The number of fused-ring (bicyclic) bond motifs is 2. The molecule has 0 aliphatic rings. The van der Waals surface area contributed by atoms with Gasteiger partial charge in [0.25, 0.3) is 0 Å². The summed E-state index contributed by atoms with van der Waals surface area (Å²) in [6.45, 7) is 6.99. The molecule has 0 bridgehead atoms. The van der Waals surface area contributed by atoms with Crippen LogP contribution < -0.4 is 9.80 Å². The molecular formula is C84H64N2. The first-order valence-corrected chi connectivity index (χ1v) is 29.8. The molecule has 0 atom stereocenters. The van der Waals surface area contributed by atoms with Crippen LogP contribution in [0.4, 0.5) is 34.1 Å². The molecule has 410 valence electrons. The van der Waals surface area contributed by atoms with Crippen molar-refractivity contribution in [3.8, 4) is 77.9 Å². The van der Waals surface area contributed by atoms with E-state index < -0.39 is 0 Å². The second-order valence-corrected chi connectivity index (χ2v) is 23.3. The molecule has 0 fully saturated rings. The molecule has 2 nitrogen and oxygen atoms in total. The highest BCUT2D eigenvalue weighted by Crippen LogP contribution is 2.54. The van der Waals surface area contributed by atoms with Gasteiger partial charge in [0.1, 0.15) is 0 Å². The lowest BCUT2D eigenvalue weighted by molar-refractivity contribution is 0.591. The van der Waals surface area contributed by atoms with Crippen molar-refractivity contribution in [2.24, 2.45) is 0 Å². The number of rotatable bonds is 13. The Kier molecular flexibility index (Phi) is 14.3. The van der Waals surface area contributed by atoms with E-state index in [1.807, 2.05) is 0 Å². The monoisotopic (exact) mass is 1100 g/mol. The Bertz CT molecular complexity index is 4690. The third kappa shape index (κ3) is 10.4. The van der Waals surface area contributed by atoms with E-state index in [1.54, 1.807) is 0 Å². The molecular weight excluding hydrogens is 1040 g/mol. The van der Waals surface area contributed by atoms with Gasteiger partial charge in [-0.05, 0) is 150 Å². The maximum absolute atomic E-state index is 2.55. The topological polar surface area (TPSA) is 6.48 Å². The lowest BCUT2D eigenvalue weighted by Crippen LogP contribution is -2.16. The van der Waals surface area contributed by atoms with E-state index in [4.69, 9.17) is 0 Å². The van der Waals surface area contributed by atoms with Crippen molar-refractivity contribution in [3.05, 3.63) is 339 Å². The van der Waals surface area contributed by atoms with Crippen LogP contribution in [-0.2, 0) is 5.41 Å². The molecule has 86 heavy (non-hydrogen) atoms. The van der Waals surface area contributed by atoms with E-state index in [0.29, 0.717) is 0 Å². The zero-order valence-corrected chi connectivity index (χ0v) is 48.6. The SMILES string of the molecule is CC(C)(C)c1ccc2c(N(c3cccc(-c4ccccc4)c3)c3ccc(-c4ccccc4)c(-c4ccccc4)c3)c3cc(-c4ccccc4)ccc3c(N(c3cccc(-c4ccccc4)c3)c3ccc(-c4ccccc4)c(-c4ccccc4)c3)c2c1. The minimum Gasteiger partial charge on any atom is -0.309 e. The van der Waals surface area contributed by atoms with E-state index in [0.717, 1.165) is 111 Å². The lowest BCUT2D eigenvalue weighted by atomic mass is 9.84. The van der Waals surface area contributed by atoms with Crippen molar-refractivity contribution in [2.45, 2.75) is 26.2 Å². The van der Waals surface area contributed by atoms with Crippen molar-refractivity contribution in [2.75, 3.05) is 9.80 Å². The highest BCUT2D eigenvalue weighted by Gasteiger charge is 2.29. The largest absolute Gasteiger partial charge is 0.309 e. The standard InChI is InChI=1S/C84H64N2/c1-84(2,3)69-46-50-77-81(56-69)83(86(71-44-26-42-67(54-71)60-29-13-5-14-30-60)73-48-52-75(63-35-19-8-20-36-63)79(58-73)65-39-23-10-24-40-65)76-49-45-68(61-31-15-6-16-32-61)55-80(76)82(77)85(70-43-25-41-66(53-70)59-27-11-4-12-28-59)72-47-51-74(62-33-17-7-18-34-62)78(57-72)64-37-21-9-22-38-64/h4-58H,1-3H3. The smallest absolute Gasteiger partial charge is 0.0620 e. The predicted octanol–water partition coefficient (Wildman–Crippen LogP) is 23.9. The number of anilines is 6. The fourth-order valence-corrected chi connectivity index (χ4v) is 12.5. The molecule has 0 aliphatic carbocycles. The van der Waals surface area contributed by atoms with Gasteiger partial charge < -0.3 is 9.80 Å². The Morgan fingerprint density at radius 1 is 0.198 bits per heavy atom. The summed E-state index contributed by atoms with van der Waals surface area (Å²) < 4.78 is 0. The van der Waals surface area contributed by atoms with Gasteiger partial charge in [0.05, 0.1) is 11.4 Å². The highest BCUT2D eigenvalue weighted by molar-refractivity contribution is 6.24. The van der Waals surface area contributed by atoms with Gasteiger partial charge in [-0.1, -0.05) is 294 Å². The molecule has 0 saturated carbocycles. The minimum atomic E-state index is -0.185. The molecule has 0 spiro atoms. The van der Waals surface area contributed by atoms with Gasteiger partial charge >= 0.3 is 0 Å². The van der Waals surface area contributed by atoms with Gasteiger partial charge in [-0.3, -0.25) is 0 Å². The summed E-state index contributed by atoms with van der Waals surface area (Å²) >= 11 is 0. The molecule has 0 saturated heterocycles. The van der Waals surface area contributed by atoms with Crippen molar-refractivity contribution in [3.63, 3.8) is 0 Å². The molecule has 14 rings (SSSR count). The Labute approximate surface area is 505 Å². The van der Waals surface area contributed by atoms with Crippen molar-refractivity contribution >= 4 is 55.7 Å². The fraction of sp³-hybridized carbons (Fsp3) is 0.0476. The van der Waals surface area contributed by atoms with Crippen LogP contribution in [0.2, 0.25) is 0 Å². The molecule has 14 aromatic carbocycles. The molecule has 0 heterocycles. The molecule has 0 N–H and O–H groups in total. The summed E-state index contributed by atoms with van der Waals surface area (Å²) in [6.07, 6.45) is 0. The summed E-state index contributed by atoms with van der Waals surface area (Å²) in [4.78, 5) is 5.11. The molecule has 14 aromatic rings. The average Bonchev–Trinajstić information content (AvgIpc) is 0.832. The summed E-state index contributed by atoms with van der Waals surface area (Å²) in [6, 6.07) is 123. The lowest BCUT2D eigenvalue weighted by Gasteiger charge is -2.34. The summed E-state index contributed by atoms with van der Waals surface area (Å²) in [5, 5.41) is 4.49. The van der Waals surface area contributed by atoms with Gasteiger partial charge in [0.2, 0.25) is 0 Å². The van der Waals surface area contributed by atoms with E-state index >= 15 is 0 Å². The van der Waals surface area contributed by atoms with Crippen molar-refractivity contribution in [1.82, 2.24) is 0 Å². The van der Waals surface area contributed by atoms with Crippen LogP contribution in [0, 0.1) is 0 Å². The van der Waals surface area contributed by atoms with E-state index in [-0.39, 0.29) is 5.41 Å². The van der Waals surface area contributed by atoms with Crippen LogP contribution in [0.5, 0.6) is 0 Å². The van der Waals surface area contributed by atoms with E-state index in [1.165, 1.54) is 27.8 Å². The van der Waals surface area contributed by atoms with E-state index in [2.05, 4.69) is 364 Å². The summed E-state index contributed by atoms with van der Waals surface area (Å²) in [7, 11) is 0. The van der Waals surface area contributed by atoms with Gasteiger partial charge in [0, 0.05) is 44.3 Å². The van der Waals surface area contributed by atoms with Gasteiger partial charge in [-0.15, -0.1) is 0 Å². The van der Waals surface area contributed by atoms with Gasteiger partial charge in [-0.25, -0.2) is 0 Å². The van der Waals surface area contributed by atoms with Gasteiger partial charge in [-0.2, -0.15) is 0 Å². The molecule has 2 heteroatoms. The Hall–Kier alpha value is -10.8. The zero-order valence-electron chi connectivity index (χ0n) is 48.6. The number of hydrogen-bond acceptors (Lipinski definition) is 2. The average molecular weight is 1100 g/mol. The van der Waals surface area contributed by atoms with Crippen molar-refractivity contribution in [1.29, 1.82) is 0 Å². The van der Waals surface area contributed by atoms with E-state index in [9.17, 15) is 0 Å². The van der Waals surface area contributed by atoms with Crippen LogP contribution in [0.15, 0.2) is 334 Å². The van der Waals surface area contributed by atoms with Crippen LogP contribution in [0.25, 0.3) is 99.4 Å². The molecule has 0 unspecified atom stereocenters. The molecule has 0 amide bonds. The maximum Gasteiger partial charge on any atom is 0.0620 e. The third-order valence-corrected chi connectivity index (χ3v) is 16.8. The highest BCUT2D eigenvalue weighted by atomic mass is 15.2. The van der Waals surface area contributed by atoms with Crippen LogP contribution in [-0.4, -0.2) is 0 Å². The van der Waals surface area contributed by atoms with Crippen LogP contribution in [0.3, 0.4) is 0 Å². The van der Waals surface area contributed by atoms with Crippen LogP contribution >= 0.6 is 0 Å². The second-order valence-electron chi connectivity index (χ2n) is 23.3. The zero-order chi connectivity index (χ0) is 58.0. The number of nitrogens with zero attached hydrogens (tertiary/aromatic N) is 2. The Morgan fingerprint density at radius 3 is 0.872 bits per heavy atom. The Morgan fingerprint density at radius 2 is 0.500 bits per heavy atom. The number of hydrogen-bond donors (Lipinski definition) is 0. The third-order valence-electron chi connectivity index (χ3n) is 16.8. The van der Waals surface area contributed by atoms with Crippen molar-refractivity contribution < 1.29 is 0 Å². The van der Waals surface area contributed by atoms with Gasteiger partial charge in [0.15, 0.2) is 0 Å². The quantitative estimate of drug-likeness (QED) is 0.0839. The fourth-order valence-electron chi connectivity index (χ4n) is 12.5. The maximum atomic E-state index is 2.55. The first kappa shape index (κ1) is 53.2.